The average molecular weight is 331 g/mol. The predicted molar refractivity (Wildman–Crippen MR) is 96.2 cm³/mol. The quantitative estimate of drug-likeness (QED) is 0.908. The topological polar surface area (TPSA) is 41.1 Å². The molecular formula is C18H23ClN4. The summed E-state index contributed by atoms with van der Waals surface area (Å²) < 4.78 is 0. The number of hydrogen-bond donors (Lipinski definition) is 1. The van der Waals surface area contributed by atoms with E-state index >= 15 is 0 Å². The summed E-state index contributed by atoms with van der Waals surface area (Å²) >= 11 is 5.92. The molecule has 4 nitrogen and oxygen atoms in total. The van der Waals surface area contributed by atoms with Gasteiger partial charge in [-0.3, -0.25) is 0 Å². The Morgan fingerprint density at radius 1 is 1.17 bits per heavy atom. The van der Waals surface area contributed by atoms with Crippen LogP contribution in [0.2, 0.25) is 5.02 Å². The molecule has 1 aliphatic rings. The molecule has 3 rings (SSSR count). The van der Waals surface area contributed by atoms with Gasteiger partial charge in [-0.05, 0) is 43.4 Å². The van der Waals surface area contributed by atoms with E-state index < -0.39 is 0 Å². The van der Waals surface area contributed by atoms with E-state index in [1.54, 1.807) is 0 Å². The highest BCUT2D eigenvalue weighted by Gasteiger charge is 2.17. The molecule has 1 saturated heterocycles. The lowest BCUT2D eigenvalue weighted by molar-refractivity contribution is 0.436. The second-order valence-electron chi connectivity index (χ2n) is 6.31. The van der Waals surface area contributed by atoms with Gasteiger partial charge in [-0.1, -0.05) is 30.7 Å². The molecule has 2 aromatic rings. The number of anilines is 2. The molecule has 1 aliphatic heterocycles. The third-order valence-electron chi connectivity index (χ3n) is 4.32. The molecule has 122 valence electrons. The molecule has 0 bridgehead atoms. The first-order valence-corrected chi connectivity index (χ1v) is 8.57. The standard InChI is InChI=1S/C18H23ClN4/c1-13-7-9-23(10-8-13)18-11-17(21-14(2)22-18)20-12-15-3-5-16(19)6-4-15/h3-6,11,13H,7-10,12H2,1-2H3,(H,20,21,22). The Morgan fingerprint density at radius 3 is 2.57 bits per heavy atom. The normalized spacial score (nSPS) is 15.7. The number of piperidine rings is 1. The molecule has 0 amide bonds. The van der Waals surface area contributed by atoms with Gasteiger partial charge in [-0.2, -0.15) is 0 Å². The number of hydrogen-bond acceptors (Lipinski definition) is 4. The molecule has 0 saturated carbocycles. The molecule has 5 heteroatoms. The summed E-state index contributed by atoms with van der Waals surface area (Å²) in [5.74, 6) is 3.53. The van der Waals surface area contributed by atoms with Crippen LogP contribution < -0.4 is 10.2 Å². The highest BCUT2D eigenvalue weighted by molar-refractivity contribution is 6.30. The van der Waals surface area contributed by atoms with E-state index in [1.807, 2.05) is 31.2 Å². The minimum Gasteiger partial charge on any atom is -0.366 e. The second-order valence-corrected chi connectivity index (χ2v) is 6.74. The van der Waals surface area contributed by atoms with Crippen LogP contribution in [0.1, 0.15) is 31.2 Å². The first kappa shape index (κ1) is 16.1. The first-order valence-electron chi connectivity index (χ1n) is 8.19. The Balaban J connectivity index is 1.68. The predicted octanol–water partition coefficient (Wildman–Crippen LogP) is 4.29. The van der Waals surface area contributed by atoms with Gasteiger partial charge in [0.15, 0.2) is 0 Å². The molecule has 1 aromatic heterocycles. The van der Waals surface area contributed by atoms with Crippen molar-refractivity contribution in [1.29, 1.82) is 0 Å². The van der Waals surface area contributed by atoms with Crippen LogP contribution in [0.15, 0.2) is 30.3 Å². The maximum atomic E-state index is 5.92. The smallest absolute Gasteiger partial charge is 0.134 e. The van der Waals surface area contributed by atoms with Gasteiger partial charge in [0.05, 0.1) is 0 Å². The van der Waals surface area contributed by atoms with Crippen LogP contribution in [0.4, 0.5) is 11.6 Å². The summed E-state index contributed by atoms with van der Waals surface area (Å²) in [6.07, 6.45) is 2.47. The van der Waals surface area contributed by atoms with E-state index in [-0.39, 0.29) is 0 Å². The van der Waals surface area contributed by atoms with E-state index in [9.17, 15) is 0 Å². The fraction of sp³-hybridized carbons (Fsp3) is 0.444. The van der Waals surface area contributed by atoms with Crippen molar-refractivity contribution in [2.24, 2.45) is 5.92 Å². The SMILES string of the molecule is Cc1nc(NCc2ccc(Cl)cc2)cc(N2CCC(C)CC2)n1. The minimum atomic E-state index is 0.726. The lowest BCUT2D eigenvalue weighted by atomic mass is 9.99. The number of rotatable bonds is 4. The molecule has 0 spiro atoms. The van der Waals surface area contributed by atoms with Crippen LogP contribution >= 0.6 is 11.6 Å². The lowest BCUT2D eigenvalue weighted by Gasteiger charge is -2.31. The molecule has 0 aliphatic carbocycles. The van der Waals surface area contributed by atoms with Crippen molar-refractivity contribution in [2.45, 2.75) is 33.2 Å². The summed E-state index contributed by atoms with van der Waals surface area (Å²) in [6, 6.07) is 9.92. The van der Waals surface area contributed by atoms with Crippen molar-refractivity contribution in [3.63, 3.8) is 0 Å². The largest absolute Gasteiger partial charge is 0.366 e. The zero-order valence-electron chi connectivity index (χ0n) is 13.7. The summed E-state index contributed by atoms with van der Waals surface area (Å²) in [6.45, 7) is 7.15. The van der Waals surface area contributed by atoms with Crippen molar-refractivity contribution in [3.05, 3.63) is 46.7 Å². The summed E-state index contributed by atoms with van der Waals surface area (Å²) in [5.41, 5.74) is 1.18. The van der Waals surface area contributed by atoms with Gasteiger partial charge in [0.2, 0.25) is 0 Å². The third kappa shape index (κ3) is 4.35. The fourth-order valence-electron chi connectivity index (χ4n) is 2.84. The lowest BCUT2D eigenvalue weighted by Crippen LogP contribution is -2.33. The summed E-state index contributed by atoms with van der Waals surface area (Å²) in [4.78, 5) is 11.5. The van der Waals surface area contributed by atoms with Crippen molar-refractivity contribution < 1.29 is 0 Å². The molecule has 0 radical (unpaired) electrons. The van der Waals surface area contributed by atoms with E-state index in [2.05, 4.69) is 33.2 Å². The Kier molecular flexibility index (Phi) is 5.01. The van der Waals surface area contributed by atoms with Gasteiger partial charge >= 0.3 is 0 Å². The van der Waals surface area contributed by atoms with Crippen molar-refractivity contribution >= 4 is 23.2 Å². The number of aromatic nitrogens is 2. The Hall–Kier alpha value is -1.81. The van der Waals surface area contributed by atoms with Crippen LogP contribution in [0, 0.1) is 12.8 Å². The highest BCUT2D eigenvalue weighted by atomic mass is 35.5. The second kappa shape index (κ2) is 7.18. The van der Waals surface area contributed by atoms with Gasteiger partial charge in [-0.25, -0.2) is 9.97 Å². The zero-order chi connectivity index (χ0) is 16.2. The van der Waals surface area contributed by atoms with Gasteiger partial charge in [0, 0.05) is 30.7 Å². The van der Waals surface area contributed by atoms with Crippen LogP contribution in [0.3, 0.4) is 0 Å². The highest BCUT2D eigenvalue weighted by Crippen LogP contribution is 2.23. The van der Waals surface area contributed by atoms with E-state index in [0.29, 0.717) is 0 Å². The van der Waals surface area contributed by atoms with Crippen LogP contribution in [0.25, 0.3) is 0 Å². The number of benzene rings is 1. The number of nitrogens with one attached hydrogen (secondary N) is 1. The van der Waals surface area contributed by atoms with Gasteiger partial charge < -0.3 is 10.2 Å². The van der Waals surface area contributed by atoms with E-state index in [4.69, 9.17) is 11.6 Å². The zero-order valence-corrected chi connectivity index (χ0v) is 14.5. The number of halogens is 1. The van der Waals surface area contributed by atoms with E-state index in [0.717, 1.165) is 48.0 Å². The Labute approximate surface area is 142 Å². The maximum absolute atomic E-state index is 5.92. The fourth-order valence-corrected chi connectivity index (χ4v) is 2.96. The molecule has 1 fully saturated rings. The van der Waals surface area contributed by atoms with Crippen molar-refractivity contribution in [2.75, 3.05) is 23.3 Å². The van der Waals surface area contributed by atoms with Gasteiger partial charge in [-0.15, -0.1) is 0 Å². The van der Waals surface area contributed by atoms with Gasteiger partial charge in [0.25, 0.3) is 0 Å². The number of nitrogens with zero attached hydrogens (tertiary/aromatic N) is 3. The molecule has 0 atom stereocenters. The summed E-state index contributed by atoms with van der Waals surface area (Å²) in [7, 11) is 0. The van der Waals surface area contributed by atoms with Crippen LogP contribution in [-0.4, -0.2) is 23.1 Å². The van der Waals surface area contributed by atoms with Gasteiger partial charge in [0.1, 0.15) is 17.5 Å². The molecule has 23 heavy (non-hydrogen) atoms. The molecule has 0 unspecified atom stereocenters. The van der Waals surface area contributed by atoms with Crippen LogP contribution in [-0.2, 0) is 6.54 Å². The minimum absolute atomic E-state index is 0.726. The van der Waals surface area contributed by atoms with Crippen molar-refractivity contribution in [1.82, 2.24) is 9.97 Å². The Bertz CT molecular complexity index is 649. The van der Waals surface area contributed by atoms with Crippen LogP contribution in [0.5, 0.6) is 0 Å². The summed E-state index contributed by atoms with van der Waals surface area (Å²) in [5, 5.41) is 4.15. The molecule has 2 heterocycles. The number of aryl methyl sites for hydroxylation is 1. The molecule has 1 N–H and O–H groups in total. The van der Waals surface area contributed by atoms with Crippen molar-refractivity contribution in [3.8, 4) is 0 Å². The maximum Gasteiger partial charge on any atom is 0.134 e. The average Bonchev–Trinajstić information content (AvgIpc) is 2.54. The third-order valence-corrected chi connectivity index (χ3v) is 4.57. The monoisotopic (exact) mass is 330 g/mol. The Morgan fingerprint density at radius 2 is 1.87 bits per heavy atom. The first-order chi connectivity index (χ1) is 11.1. The molecule has 1 aromatic carbocycles. The van der Waals surface area contributed by atoms with E-state index in [1.165, 1.54) is 18.4 Å². The molecular weight excluding hydrogens is 308 g/mol.